The quantitative estimate of drug-likeness (QED) is 0.815. The maximum Gasteiger partial charge on any atom is 0.123 e. The molecular weight excluding hydrogens is 276 g/mol. The maximum atomic E-state index is 10.2. The van der Waals surface area contributed by atoms with Gasteiger partial charge in [0.25, 0.3) is 0 Å². The zero-order valence-corrected chi connectivity index (χ0v) is 12.9. The van der Waals surface area contributed by atoms with Crippen LogP contribution in [0, 0.1) is 0 Å². The van der Waals surface area contributed by atoms with Gasteiger partial charge in [-0.3, -0.25) is 0 Å². The summed E-state index contributed by atoms with van der Waals surface area (Å²) in [6, 6.07) is 13.6. The van der Waals surface area contributed by atoms with Crippen molar-refractivity contribution in [2.75, 3.05) is 6.61 Å². The van der Waals surface area contributed by atoms with Gasteiger partial charge >= 0.3 is 0 Å². The van der Waals surface area contributed by atoms with Crippen LogP contribution >= 0.6 is 0 Å². The minimum atomic E-state index is 0.256. The lowest BCUT2D eigenvalue weighted by Gasteiger charge is -2.09. The van der Waals surface area contributed by atoms with Crippen molar-refractivity contribution in [3.05, 3.63) is 53.6 Å². The molecule has 1 aliphatic heterocycles. The number of rotatable bonds is 6. The molecular formula is C19H22O3. The fourth-order valence-corrected chi connectivity index (χ4v) is 2.79. The zero-order chi connectivity index (χ0) is 15.4. The molecule has 0 aromatic heterocycles. The lowest BCUT2D eigenvalue weighted by atomic mass is 10.0. The van der Waals surface area contributed by atoms with Crippen molar-refractivity contribution in [3.8, 4) is 17.2 Å². The summed E-state index contributed by atoms with van der Waals surface area (Å²) in [6.45, 7) is 2.76. The van der Waals surface area contributed by atoms with Gasteiger partial charge in [-0.25, -0.2) is 0 Å². The van der Waals surface area contributed by atoms with Crippen LogP contribution in [0.3, 0.4) is 0 Å². The highest BCUT2D eigenvalue weighted by Gasteiger charge is 2.23. The van der Waals surface area contributed by atoms with E-state index >= 15 is 0 Å². The Hall–Kier alpha value is -2.16. The number of hydrogen-bond acceptors (Lipinski definition) is 3. The van der Waals surface area contributed by atoms with Crippen molar-refractivity contribution in [3.63, 3.8) is 0 Å². The van der Waals surface area contributed by atoms with Gasteiger partial charge in [0.05, 0.1) is 6.61 Å². The SMILES string of the molecule is CCC1Cc2cc(O)c(CCCOc3ccccc3)cc2O1. The molecule has 116 valence electrons. The first-order chi connectivity index (χ1) is 10.8. The Morgan fingerprint density at radius 1 is 1.23 bits per heavy atom. The van der Waals surface area contributed by atoms with Crippen LogP contribution in [-0.4, -0.2) is 17.8 Å². The van der Waals surface area contributed by atoms with Crippen molar-refractivity contribution in [1.82, 2.24) is 0 Å². The summed E-state index contributed by atoms with van der Waals surface area (Å²) in [7, 11) is 0. The second-order valence-electron chi connectivity index (χ2n) is 5.71. The fraction of sp³-hybridized carbons (Fsp3) is 0.368. The molecule has 0 amide bonds. The molecule has 22 heavy (non-hydrogen) atoms. The predicted octanol–water partition coefficient (Wildman–Crippen LogP) is 4.12. The molecule has 0 saturated carbocycles. The molecule has 1 heterocycles. The van der Waals surface area contributed by atoms with Crippen LogP contribution in [0.15, 0.2) is 42.5 Å². The van der Waals surface area contributed by atoms with Gasteiger partial charge in [0.15, 0.2) is 0 Å². The Morgan fingerprint density at radius 3 is 2.82 bits per heavy atom. The Morgan fingerprint density at radius 2 is 2.05 bits per heavy atom. The molecule has 0 bridgehead atoms. The van der Waals surface area contributed by atoms with Gasteiger partial charge in [-0.05, 0) is 49.1 Å². The highest BCUT2D eigenvalue weighted by Crippen LogP contribution is 2.35. The number of hydrogen-bond donors (Lipinski definition) is 1. The Kier molecular flexibility index (Phi) is 4.52. The Balaban J connectivity index is 1.55. The molecule has 1 aliphatic rings. The monoisotopic (exact) mass is 298 g/mol. The van der Waals surface area contributed by atoms with Gasteiger partial charge < -0.3 is 14.6 Å². The highest BCUT2D eigenvalue weighted by atomic mass is 16.5. The van der Waals surface area contributed by atoms with Crippen LogP contribution in [-0.2, 0) is 12.8 Å². The van der Waals surface area contributed by atoms with Gasteiger partial charge in [-0.1, -0.05) is 25.1 Å². The molecule has 1 unspecified atom stereocenters. The van der Waals surface area contributed by atoms with E-state index in [9.17, 15) is 5.11 Å². The van der Waals surface area contributed by atoms with E-state index in [1.54, 1.807) is 0 Å². The van der Waals surface area contributed by atoms with Crippen LogP contribution in [0.25, 0.3) is 0 Å². The van der Waals surface area contributed by atoms with E-state index in [4.69, 9.17) is 9.47 Å². The molecule has 0 radical (unpaired) electrons. The van der Waals surface area contributed by atoms with E-state index in [0.29, 0.717) is 12.4 Å². The lowest BCUT2D eigenvalue weighted by molar-refractivity contribution is 0.228. The van der Waals surface area contributed by atoms with Crippen LogP contribution in [0.1, 0.15) is 30.9 Å². The number of aryl methyl sites for hydroxylation is 1. The van der Waals surface area contributed by atoms with Gasteiger partial charge in [0.2, 0.25) is 0 Å². The number of benzene rings is 2. The first-order valence-corrected chi connectivity index (χ1v) is 7.95. The van der Waals surface area contributed by atoms with Gasteiger partial charge in [-0.15, -0.1) is 0 Å². The van der Waals surface area contributed by atoms with E-state index in [1.165, 1.54) is 0 Å². The average molecular weight is 298 g/mol. The van der Waals surface area contributed by atoms with Crippen molar-refractivity contribution < 1.29 is 14.6 Å². The van der Waals surface area contributed by atoms with Crippen molar-refractivity contribution >= 4 is 0 Å². The first-order valence-electron chi connectivity index (χ1n) is 7.95. The smallest absolute Gasteiger partial charge is 0.123 e. The topological polar surface area (TPSA) is 38.7 Å². The second-order valence-corrected chi connectivity index (χ2v) is 5.71. The van der Waals surface area contributed by atoms with E-state index in [-0.39, 0.29) is 6.10 Å². The summed E-state index contributed by atoms with van der Waals surface area (Å²) in [6.07, 6.45) is 3.79. The van der Waals surface area contributed by atoms with Crippen LogP contribution in [0.5, 0.6) is 17.2 Å². The van der Waals surface area contributed by atoms with E-state index in [0.717, 1.165) is 48.3 Å². The van der Waals surface area contributed by atoms with E-state index < -0.39 is 0 Å². The Bertz CT molecular complexity index is 622. The van der Waals surface area contributed by atoms with Crippen molar-refractivity contribution in [2.24, 2.45) is 0 Å². The number of phenols is 1. The van der Waals surface area contributed by atoms with Crippen LogP contribution in [0.2, 0.25) is 0 Å². The third-order valence-electron chi connectivity index (χ3n) is 4.06. The standard InChI is InChI=1S/C19H22O3/c1-2-16-11-15-12-18(20)14(13-19(15)22-16)7-6-10-21-17-8-4-3-5-9-17/h3-5,8-9,12-13,16,20H,2,6-7,10-11H2,1H3. The summed E-state index contributed by atoms with van der Waals surface area (Å²) in [5.41, 5.74) is 2.06. The van der Waals surface area contributed by atoms with E-state index in [2.05, 4.69) is 6.92 Å². The minimum absolute atomic E-state index is 0.256. The molecule has 0 fully saturated rings. The highest BCUT2D eigenvalue weighted by molar-refractivity contribution is 5.48. The third kappa shape index (κ3) is 3.35. The molecule has 2 aromatic carbocycles. The third-order valence-corrected chi connectivity index (χ3v) is 4.06. The van der Waals surface area contributed by atoms with E-state index in [1.807, 2.05) is 42.5 Å². The molecule has 1 N–H and O–H groups in total. The normalized spacial score (nSPS) is 16.1. The Labute approximate surface area is 131 Å². The summed E-state index contributed by atoms with van der Waals surface area (Å²) in [4.78, 5) is 0. The van der Waals surface area contributed by atoms with Gasteiger partial charge in [-0.2, -0.15) is 0 Å². The molecule has 1 atom stereocenters. The summed E-state index contributed by atoms with van der Waals surface area (Å²) < 4.78 is 11.6. The number of ether oxygens (including phenoxy) is 2. The van der Waals surface area contributed by atoms with Crippen molar-refractivity contribution in [2.45, 2.75) is 38.7 Å². The maximum absolute atomic E-state index is 10.2. The molecule has 2 aromatic rings. The van der Waals surface area contributed by atoms with Crippen LogP contribution < -0.4 is 9.47 Å². The van der Waals surface area contributed by atoms with Crippen molar-refractivity contribution in [1.29, 1.82) is 0 Å². The number of aromatic hydroxyl groups is 1. The fourth-order valence-electron chi connectivity index (χ4n) is 2.79. The molecule has 3 nitrogen and oxygen atoms in total. The number of phenolic OH excluding ortho intramolecular Hbond substituents is 1. The number of para-hydroxylation sites is 1. The molecule has 0 saturated heterocycles. The molecule has 0 aliphatic carbocycles. The molecule has 3 rings (SSSR count). The summed E-state index contributed by atoms with van der Waals surface area (Å²) in [5.74, 6) is 2.19. The van der Waals surface area contributed by atoms with Gasteiger partial charge in [0, 0.05) is 12.0 Å². The lowest BCUT2D eigenvalue weighted by Crippen LogP contribution is -2.10. The van der Waals surface area contributed by atoms with Gasteiger partial charge in [0.1, 0.15) is 23.4 Å². The average Bonchev–Trinajstić information content (AvgIpc) is 2.94. The minimum Gasteiger partial charge on any atom is -0.508 e. The number of fused-ring (bicyclic) bond motifs is 1. The molecule has 3 heteroatoms. The molecule has 0 spiro atoms. The predicted molar refractivity (Wildman–Crippen MR) is 86.8 cm³/mol. The largest absolute Gasteiger partial charge is 0.508 e. The zero-order valence-electron chi connectivity index (χ0n) is 12.9. The van der Waals surface area contributed by atoms with Crippen LogP contribution in [0.4, 0.5) is 0 Å². The summed E-state index contributed by atoms with van der Waals surface area (Å²) >= 11 is 0. The second kappa shape index (κ2) is 6.73. The summed E-state index contributed by atoms with van der Waals surface area (Å²) in [5, 5.41) is 10.2. The first kappa shape index (κ1) is 14.8.